The fourth-order valence-electron chi connectivity index (χ4n) is 2.21. The van der Waals surface area contributed by atoms with Crippen molar-refractivity contribution in [1.29, 1.82) is 0 Å². The lowest BCUT2D eigenvalue weighted by atomic mass is 10.2. The Hall–Kier alpha value is -2.66. The van der Waals surface area contributed by atoms with Crippen LogP contribution in [-0.2, 0) is 4.79 Å². The van der Waals surface area contributed by atoms with Crippen molar-refractivity contribution in [3.05, 3.63) is 53.1 Å². The number of carbonyl (C=O) groups is 1. The van der Waals surface area contributed by atoms with Gasteiger partial charge < -0.3 is 19.5 Å². The number of benzene rings is 2. The van der Waals surface area contributed by atoms with E-state index in [1.807, 2.05) is 31.2 Å². The summed E-state index contributed by atoms with van der Waals surface area (Å²) >= 11 is 5.95. The number of hydrogen-bond donors (Lipinski definition) is 1. The summed E-state index contributed by atoms with van der Waals surface area (Å²) < 4.78 is 16.1. The van der Waals surface area contributed by atoms with Gasteiger partial charge in [-0.25, -0.2) is 0 Å². The molecule has 132 valence electrons. The molecular formula is C19H20ClNO4. The van der Waals surface area contributed by atoms with Crippen LogP contribution >= 0.6 is 11.6 Å². The van der Waals surface area contributed by atoms with E-state index in [9.17, 15) is 4.79 Å². The molecule has 0 unspecified atom stereocenters. The van der Waals surface area contributed by atoms with Gasteiger partial charge in [0.05, 0.1) is 19.9 Å². The lowest BCUT2D eigenvalue weighted by Gasteiger charge is -2.13. The Morgan fingerprint density at radius 1 is 1.08 bits per heavy atom. The molecule has 2 aromatic rings. The van der Waals surface area contributed by atoms with Gasteiger partial charge in [0.25, 0.3) is 5.91 Å². The highest BCUT2D eigenvalue weighted by atomic mass is 35.5. The van der Waals surface area contributed by atoms with Crippen LogP contribution in [0.5, 0.6) is 17.2 Å². The third-order valence-electron chi connectivity index (χ3n) is 3.34. The third kappa shape index (κ3) is 5.16. The molecule has 0 saturated carbocycles. The van der Waals surface area contributed by atoms with Crippen LogP contribution in [0.2, 0.25) is 5.02 Å². The number of nitrogens with one attached hydrogen (secondary N) is 1. The van der Waals surface area contributed by atoms with Crippen molar-refractivity contribution >= 4 is 29.3 Å². The SMILES string of the molecule is C/C=C/c1ccc(OCC(=O)Nc2cc(Cl)ccc2OC)c(OC)c1. The molecule has 0 bridgehead atoms. The average molecular weight is 362 g/mol. The monoisotopic (exact) mass is 361 g/mol. The molecule has 0 atom stereocenters. The Bertz CT molecular complexity index is 774. The Morgan fingerprint density at radius 2 is 1.80 bits per heavy atom. The van der Waals surface area contributed by atoms with E-state index in [1.54, 1.807) is 31.4 Å². The van der Waals surface area contributed by atoms with E-state index in [4.69, 9.17) is 25.8 Å². The highest BCUT2D eigenvalue weighted by Gasteiger charge is 2.11. The smallest absolute Gasteiger partial charge is 0.262 e. The molecule has 1 amide bonds. The van der Waals surface area contributed by atoms with E-state index in [2.05, 4.69) is 5.32 Å². The number of allylic oxidation sites excluding steroid dienone is 1. The zero-order chi connectivity index (χ0) is 18.2. The summed E-state index contributed by atoms with van der Waals surface area (Å²) in [6, 6.07) is 10.5. The standard InChI is InChI=1S/C19H20ClNO4/c1-4-5-13-6-8-17(18(10-13)24-3)25-12-19(22)21-15-11-14(20)7-9-16(15)23-2/h4-11H,12H2,1-3H3,(H,21,22)/b5-4+. The topological polar surface area (TPSA) is 56.8 Å². The van der Waals surface area contributed by atoms with Crippen molar-refractivity contribution in [3.63, 3.8) is 0 Å². The van der Waals surface area contributed by atoms with Gasteiger partial charge in [0.2, 0.25) is 0 Å². The maximum atomic E-state index is 12.1. The summed E-state index contributed by atoms with van der Waals surface area (Å²) in [7, 11) is 3.07. The zero-order valence-corrected chi connectivity index (χ0v) is 15.1. The maximum Gasteiger partial charge on any atom is 0.262 e. The van der Waals surface area contributed by atoms with Crippen molar-refractivity contribution in [2.75, 3.05) is 26.1 Å². The zero-order valence-electron chi connectivity index (χ0n) is 14.3. The van der Waals surface area contributed by atoms with E-state index in [0.29, 0.717) is 28.0 Å². The quantitative estimate of drug-likeness (QED) is 0.793. The number of hydrogen-bond acceptors (Lipinski definition) is 4. The fourth-order valence-corrected chi connectivity index (χ4v) is 2.38. The Morgan fingerprint density at radius 3 is 2.48 bits per heavy atom. The van der Waals surface area contributed by atoms with E-state index >= 15 is 0 Å². The first-order valence-electron chi connectivity index (χ1n) is 7.64. The van der Waals surface area contributed by atoms with Crippen LogP contribution in [0.1, 0.15) is 12.5 Å². The molecule has 0 radical (unpaired) electrons. The summed E-state index contributed by atoms with van der Waals surface area (Å²) in [6.45, 7) is 1.76. The van der Waals surface area contributed by atoms with Gasteiger partial charge in [-0.15, -0.1) is 0 Å². The van der Waals surface area contributed by atoms with Crippen molar-refractivity contribution in [2.45, 2.75) is 6.92 Å². The molecule has 0 aromatic heterocycles. The third-order valence-corrected chi connectivity index (χ3v) is 3.58. The van der Waals surface area contributed by atoms with Gasteiger partial charge >= 0.3 is 0 Å². The number of halogens is 1. The molecule has 25 heavy (non-hydrogen) atoms. The molecule has 0 fully saturated rings. The van der Waals surface area contributed by atoms with Crippen molar-refractivity contribution in [1.82, 2.24) is 0 Å². The van der Waals surface area contributed by atoms with Gasteiger partial charge in [-0.3, -0.25) is 4.79 Å². The molecule has 5 nitrogen and oxygen atoms in total. The molecule has 0 saturated heterocycles. The van der Waals surface area contributed by atoms with Crippen LogP contribution in [0.25, 0.3) is 6.08 Å². The number of ether oxygens (including phenoxy) is 3. The van der Waals surface area contributed by atoms with Crippen LogP contribution in [0.4, 0.5) is 5.69 Å². The average Bonchev–Trinajstić information content (AvgIpc) is 2.61. The van der Waals surface area contributed by atoms with Gasteiger partial charge in [0, 0.05) is 5.02 Å². The Labute approximate surface area is 152 Å². The summed E-state index contributed by atoms with van der Waals surface area (Å²) in [4.78, 5) is 12.1. The second kappa shape index (κ2) is 8.99. The van der Waals surface area contributed by atoms with Crippen LogP contribution in [-0.4, -0.2) is 26.7 Å². The van der Waals surface area contributed by atoms with Gasteiger partial charge in [-0.2, -0.15) is 0 Å². The molecular weight excluding hydrogens is 342 g/mol. The second-order valence-electron chi connectivity index (χ2n) is 5.09. The highest BCUT2D eigenvalue weighted by molar-refractivity contribution is 6.31. The van der Waals surface area contributed by atoms with E-state index in [0.717, 1.165) is 5.56 Å². The van der Waals surface area contributed by atoms with E-state index in [1.165, 1.54) is 7.11 Å². The summed E-state index contributed by atoms with van der Waals surface area (Å²) in [5.74, 6) is 1.24. The number of carbonyl (C=O) groups excluding carboxylic acids is 1. The van der Waals surface area contributed by atoms with Gasteiger partial charge in [0.15, 0.2) is 18.1 Å². The first-order valence-corrected chi connectivity index (χ1v) is 8.02. The minimum Gasteiger partial charge on any atom is -0.495 e. The molecule has 2 rings (SSSR count). The van der Waals surface area contributed by atoms with Crippen molar-refractivity contribution in [3.8, 4) is 17.2 Å². The molecule has 0 aliphatic carbocycles. The van der Waals surface area contributed by atoms with Crippen molar-refractivity contribution in [2.24, 2.45) is 0 Å². The van der Waals surface area contributed by atoms with E-state index < -0.39 is 0 Å². The van der Waals surface area contributed by atoms with Crippen LogP contribution < -0.4 is 19.5 Å². The fraction of sp³-hybridized carbons (Fsp3) is 0.211. The molecule has 0 aliphatic heterocycles. The Kier molecular flexibility index (Phi) is 6.71. The van der Waals surface area contributed by atoms with Crippen LogP contribution in [0.3, 0.4) is 0 Å². The number of anilines is 1. The number of amides is 1. The summed E-state index contributed by atoms with van der Waals surface area (Å²) in [5, 5.41) is 3.21. The molecule has 0 aliphatic rings. The summed E-state index contributed by atoms with van der Waals surface area (Å²) in [6.07, 6.45) is 3.88. The number of rotatable bonds is 7. The highest BCUT2D eigenvalue weighted by Crippen LogP contribution is 2.29. The lowest BCUT2D eigenvalue weighted by molar-refractivity contribution is -0.118. The predicted molar refractivity (Wildman–Crippen MR) is 99.8 cm³/mol. The van der Waals surface area contributed by atoms with Gasteiger partial charge in [-0.05, 0) is 42.8 Å². The lowest BCUT2D eigenvalue weighted by Crippen LogP contribution is -2.20. The molecule has 6 heteroatoms. The minimum absolute atomic E-state index is 0.172. The first kappa shape index (κ1) is 18.7. The van der Waals surface area contributed by atoms with Gasteiger partial charge in [0.1, 0.15) is 5.75 Å². The molecule has 0 heterocycles. The normalized spacial score (nSPS) is 10.6. The predicted octanol–water partition coefficient (Wildman–Crippen LogP) is 4.41. The molecule has 2 aromatic carbocycles. The number of methoxy groups -OCH3 is 2. The van der Waals surface area contributed by atoms with Crippen LogP contribution in [0.15, 0.2) is 42.5 Å². The first-order chi connectivity index (χ1) is 12.1. The van der Waals surface area contributed by atoms with Crippen LogP contribution in [0, 0.1) is 0 Å². The summed E-state index contributed by atoms with van der Waals surface area (Å²) in [5.41, 5.74) is 1.47. The minimum atomic E-state index is -0.333. The molecule has 0 spiro atoms. The van der Waals surface area contributed by atoms with E-state index in [-0.39, 0.29) is 12.5 Å². The molecule has 1 N–H and O–H groups in total. The maximum absolute atomic E-state index is 12.1. The second-order valence-corrected chi connectivity index (χ2v) is 5.53. The van der Waals surface area contributed by atoms with Gasteiger partial charge in [-0.1, -0.05) is 29.8 Å². The van der Waals surface area contributed by atoms with Crippen molar-refractivity contribution < 1.29 is 19.0 Å². The Balaban J connectivity index is 2.04. The largest absolute Gasteiger partial charge is 0.495 e.